The van der Waals surface area contributed by atoms with Crippen LogP contribution in [-0.4, -0.2) is 36.6 Å². The van der Waals surface area contributed by atoms with Gasteiger partial charge in [0.05, 0.1) is 16.2 Å². The van der Waals surface area contributed by atoms with Gasteiger partial charge in [0.2, 0.25) is 0 Å². The molecule has 1 heterocycles. The normalized spacial score (nSPS) is 11.3. The topological polar surface area (TPSA) is 91.9 Å². The SMILES string of the molecule is CCS(=O)(=O)c1ccccc1C(=O)NCCc1ncc[nH]1. The molecule has 0 atom stereocenters. The first-order chi connectivity index (χ1) is 10.0. The quantitative estimate of drug-likeness (QED) is 0.838. The molecule has 1 aromatic carbocycles. The van der Waals surface area contributed by atoms with Crippen molar-refractivity contribution in [2.24, 2.45) is 0 Å². The first-order valence-corrected chi connectivity index (χ1v) is 8.28. The van der Waals surface area contributed by atoms with Crippen molar-refractivity contribution in [3.05, 3.63) is 48.0 Å². The standard InChI is InChI=1S/C14H17N3O3S/c1-2-21(19,20)12-6-4-3-5-11(12)14(18)17-8-7-13-15-9-10-16-13/h3-6,9-10H,2,7-8H2,1H3,(H,15,16)(H,17,18). The molecule has 0 saturated carbocycles. The second kappa shape index (κ2) is 6.53. The smallest absolute Gasteiger partial charge is 0.252 e. The van der Waals surface area contributed by atoms with Gasteiger partial charge in [0.1, 0.15) is 5.82 Å². The first kappa shape index (κ1) is 15.2. The van der Waals surface area contributed by atoms with Crippen LogP contribution in [0.5, 0.6) is 0 Å². The number of hydrogen-bond donors (Lipinski definition) is 2. The number of amides is 1. The highest BCUT2D eigenvalue weighted by atomic mass is 32.2. The van der Waals surface area contributed by atoms with Gasteiger partial charge in [-0.05, 0) is 12.1 Å². The third kappa shape index (κ3) is 3.69. The molecule has 6 nitrogen and oxygen atoms in total. The number of aromatic nitrogens is 2. The van der Waals surface area contributed by atoms with Gasteiger partial charge in [0.15, 0.2) is 9.84 Å². The van der Waals surface area contributed by atoms with Gasteiger partial charge in [-0.1, -0.05) is 19.1 Å². The first-order valence-electron chi connectivity index (χ1n) is 6.63. The Hall–Kier alpha value is -2.15. The Morgan fingerprint density at radius 2 is 2.10 bits per heavy atom. The van der Waals surface area contributed by atoms with Crippen molar-refractivity contribution in [3.63, 3.8) is 0 Å². The van der Waals surface area contributed by atoms with Crippen LogP contribution in [0.3, 0.4) is 0 Å². The zero-order valence-electron chi connectivity index (χ0n) is 11.7. The van der Waals surface area contributed by atoms with E-state index in [1.807, 2.05) is 0 Å². The average molecular weight is 307 g/mol. The largest absolute Gasteiger partial charge is 0.352 e. The number of carbonyl (C=O) groups is 1. The molecule has 1 amide bonds. The van der Waals surface area contributed by atoms with Crippen LogP contribution in [0, 0.1) is 0 Å². The van der Waals surface area contributed by atoms with Crippen molar-refractivity contribution in [1.29, 1.82) is 0 Å². The zero-order valence-corrected chi connectivity index (χ0v) is 12.5. The molecule has 21 heavy (non-hydrogen) atoms. The maximum absolute atomic E-state index is 12.2. The number of hydrogen-bond acceptors (Lipinski definition) is 4. The van der Waals surface area contributed by atoms with Crippen LogP contribution in [0.25, 0.3) is 0 Å². The van der Waals surface area contributed by atoms with E-state index in [1.165, 1.54) is 12.1 Å². The van der Waals surface area contributed by atoms with Gasteiger partial charge in [0, 0.05) is 25.4 Å². The van der Waals surface area contributed by atoms with Crippen LogP contribution in [-0.2, 0) is 16.3 Å². The molecular formula is C14H17N3O3S. The molecule has 2 N–H and O–H groups in total. The molecule has 0 fully saturated rings. The Bertz CT molecular complexity index is 709. The summed E-state index contributed by atoms with van der Waals surface area (Å²) < 4.78 is 24.0. The Kier molecular flexibility index (Phi) is 4.74. The summed E-state index contributed by atoms with van der Waals surface area (Å²) in [6.45, 7) is 1.94. The molecule has 0 aliphatic carbocycles. The molecule has 2 rings (SSSR count). The van der Waals surface area contributed by atoms with Gasteiger partial charge in [-0.3, -0.25) is 4.79 Å². The van der Waals surface area contributed by atoms with Crippen molar-refractivity contribution in [1.82, 2.24) is 15.3 Å². The van der Waals surface area contributed by atoms with E-state index in [0.29, 0.717) is 13.0 Å². The molecule has 0 radical (unpaired) electrons. The number of carbonyl (C=O) groups excluding carboxylic acids is 1. The van der Waals surface area contributed by atoms with Crippen LogP contribution in [0.1, 0.15) is 23.1 Å². The van der Waals surface area contributed by atoms with E-state index in [-0.39, 0.29) is 16.2 Å². The van der Waals surface area contributed by atoms with Gasteiger partial charge in [0.25, 0.3) is 5.91 Å². The maximum Gasteiger partial charge on any atom is 0.252 e. The van der Waals surface area contributed by atoms with E-state index < -0.39 is 15.7 Å². The third-order valence-electron chi connectivity index (χ3n) is 3.05. The predicted molar refractivity (Wildman–Crippen MR) is 78.8 cm³/mol. The highest BCUT2D eigenvalue weighted by molar-refractivity contribution is 7.91. The van der Waals surface area contributed by atoms with Crippen molar-refractivity contribution in [3.8, 4) is 0 Å². The molecular weight excluding hydrogens is 290 g/mol. The van der Waals surface area contributed by atoms with Gasteiger partial charge in [-0.2, -0.15) is 0 Å². The maximum atomic E-state index is 12.2. The summed E-state index contributed by atoms with van der Waals surface area (Å²) in [6, 6.07) is 6.24. The summed E-state index contributed by atoms with van der Waals surface area (Å²) in [7, 11) is -3.42. The minimum atomic E-state index is -3.42. The third-order valence-corrected chi connectivity index (χ3v) is 4.84. The van der Waals surface area contributed by atoms with Crippen LogP contribution >= 0.6 is 0 Å². The lowest BCUT2D eigenvalue weighted by atomic mass is 10.2. The van der Waals surface area contributed by atoms with Crippen LogP contribution < -0.4 is 5.32 Å². The second-order valence-corrected chi connectivity index (χ2v) is 6.69. The summed E-state index contributed by atoms with van der Waals surface area (Å²) >= 11 is 0. The fraction of sp³-hybridized carbons (Fsp3) is 0.286. The monoisotopic (exact) mass is 307 g/mol. The molecule has 0 aliphatic rings. The number of sulfone groups is 1. The molecule has 7 heteroatoms. The Labute approximate surface area is 123 Å². The number of nitrogens with one attached hydrogen (secondary N) is 2. The second-order valence-electron chi connectivity index (χ2n) is 4.44. The minimum absolute atomic E-state index is 0.0380. The lowest BCUT2D eigenvalue weighted by Crippen LogP contribution is -2.27. The molecule has 112 valence electrons. The summed E-state index contributed by atoms with van der Waals surface area (Å²) in [5.74, 6) is 0.336. The van der Waals surface area contributed by atoms with Gasteiger partial charge in [-0.15, -0.1) is 0 Å². The summed E-state index contributed by atoms with van der Waals surface area (Å²) in [6.07, 6.45) is 3.90. The van der Waals surface area contributed by atoms with Crippen molar-refractivity contribution >= 4 is 15.7 Å². The zero-order chi connectivity index (χ0) is 15.3. The highest BCUT2D eigenvalue weighted by Gasteiger charge is 2.20. The van der Waals surface area contributed by atoms with Gasteiger partial charge >= 0.3 is 0 Å². The molecule has 0 aliphatic heterocycles. The number of H-pyrrole nitrogens is 1. The van der Waals surface area contributed by atoms with Crippen molar-refractivity contribution in [2.45, 2.75) is 18.2 Å². The molecule has 0 unspecified atom stereocenters. The molecule has 1 aromatic heterocycles. The lowest BCUT2D eigenvalue weighted by molar-refractivity contribution is 0.0950. The van der Waals surface area contributed by atoms with E-state index in [1.54, 1.807) is 31.5 Å². The predicted octanol–water partition coefficient (Wildman–Crippen LogP) is 1.18. The number of rotatable bonds is 6. The average Bonchev–Trinajstić information content (AvgIpc) is 3.00. The fourth-order valence-corrected chi connectivity index (χ4v) is 3.00. The van der Waals surface area contributed by atoms with Crippen LogP contribution in [0.2, 0.25) is 0 Å². The number of aromatic amines is 1. The summed E-state index contributed by atoms with van der Waals surface area (Å²) in [4.78, 5) is 19.2. The summed E-state index contributed by atoms with van der Waals surface area (Å²) in [5.41, 5.74) is 0.179. The van der Waals surface area contributed by atoms with Gasteiger partial charge in [-0.25, -0.2) is 13.4 Å². The Morgan fingerprint density at radius 1 is 1.33 bits per heavy atom. The molecule has 0 bridgehead atoms. The Balaban J connectivity index is 2.09. The molecule has 0 spiro atoms. The van der Waals surface area contributed by atoms with Crippen molar-refractivity contribution in [2.75, 3.05) is 12.3 Å². The molecule has 0 saturated heterocycles. The van der Waals surface area contributed by atoms with E-state index in [4.69, 9.17) is 0 Å². The number of nitrogens with zero attached hydrogens (tertiary/aromatic N) is 1. The Morgan fingerprint density at radius 3 is 2.76 bits per heavy atom. The van der Waals surface area contributed by atoms with E-state index in [9.17, 15) is 13.2 Å². The number of imidazole rings is 1. The lowest BCUT2D eigenvalue weighted by Gasteiger charge is -2.09. The summed E-state index contributed by atoms with van der Waals surface area (Å²) in [5, 5.41) is 2.71. The molecule has 2 aromatic rings. The van der Waals surface area contributed by atoms with Crippen LogP contribution in [0.4, 0.5) is 0 Å². The van der Waals surface area contributed by atoms with E-state index in [2.05, 4.69) is 15.3 Å². The van der Waals surface area contributed by atoms with E-state index >= 15 is 0 Å². The van der Waals surface area contributed by atoms with E-state index in [0.717, 1.165) is 5.82 Å². The van der Waals surface area contributed by atoms with Crippen LogP contribution in [0.15, 0.2) is 41.6 Å². The van der Waals surface area contributed by atoms with Crippen molar-refractivity contribution < 1.29 is 13.2 Å². The number of benzene rings is 1. The fourth-order valence-electron chi connectivity index (χ4n) is 1.91. The highest BCUT2D eigenvalue weighted by Crippen LogP contribution is 2.16. The minimum Gasteiger partial charge on any atom is -0.352 e. The van der Waals surface area contributed by atoms with Gasteiger partial charge < -0.3 is 10.3 Å².